The first-order valence-electron chi connectivity index (χ1n) is 5.79. The molecule has 2 heterocycles. The molecule has 0 amide bonds. The second-order valence-electron chi connectivity index (χ2n) is 3.75. The van der Waals surface area contributed by atoms with Crippen LogP contribution in [0.5, 0.6) is 0 Å². The van der Waals surface area contributed by atoms with Crippen LogP contribution in [0.4, 0.5) is 0 Å². The molecule has 0 aliphatic heterocycles. The van der Waals surface area contributed by atoms with E-state index in [4.69, 9.17) is 5.26 Å². The lowest BCUT2D eigenvalue weighted by Crippen LogP contribution is -1.91. The maximum atomic E-state index is 9.07. The third kappa shape index (κ3) is 2.88. The monoisotopic (exact) mass is 255 g/mol. The lowest BCUT2D eigenvalue weighted by Gasteiger charge is -2.05. The number of nitriles is 1. The molecular weight excluding hydrogens is 242 g/mol. The lowest BCUT2D eigenvalue weighted by atomic mass is 10.1. The van der Waals surface area contributed by atoms with Crippen molar-refractivity contribution in [2.45, 2.75) is 18.4 Å². The van der Waals surface area contributed by atoms with Crippen LogP contribution < -0.4 is 0 Å². The number of thioether (sulfide) groups is 1. The molecule has 0 N–H and O–H groups in total. The highest BCUT2D eigenvalue weighted by molar-refractivity contribution is 7.99. The summed E-state index contributed by atoms with van der Waals surface area (Å²) in [6.45, 7) is 2.12. The molecule has 0 bridgehead atoms. The molecule has 2 aromatic heterocycles. The van der Waals surface area contributed by atoms with Gasteiger partial charge in [0.15, 0.2) is 0 Å². The highest BCUT2D eigenvalue weighted by Gasteiger charge is 2.07. The third-order valence-corrected chi connectivity index (χ3v) is 3.60. The average molecular weight is 255 g/mol. The van der Waals surface area contributed by atoms with Crippen LogP contribution in [0.15, 0.2) is 41.7 Å². The van der Waals surface area contributed by atoms with Gasteiger partial charge in [-0.05, 0) is 36.4 Å². The predicted octanol–water partition coefficient (Wildman–Crippen LogP) is 3.52. The Morgan fingerprint density at radius 2 is 2.00 bits per heavy atom. The van der Waals surface area contributed by atoms with Crippen LogP contribution in [-0.4, -0.2) is 15.7 Å². The summed E-state index contributed by atoms with van der Waals surface area (Å²) in [4.78, 5) is 8.56. The molecular formula is C14H13N3S. The van der Waals surface area contributed by atoms with Crippen LogP contribution in [0.25, 0.3) is 11.3 Å². The Morgan fingerprint density at radius 3 is 2.67 bits per heavy atom. The number of pyridine rings is 2. The SMILES string of the molecule is CCCSc1nc(-c2ccncc2)ccc1C#N. The van der Waals surface area contributed by atoms with E-state index in [1.165, 1.54) is 0 Å². The summed E-state index contributed by atoms with van der Waals surface area (Å²) in [6.07, 6.45) is 4.55. The number of hydrogen-bond donors (Lipinski definition) is 0. The topological polar surface area (TPSA) is 49.6 Å². The smallest absolute Gasteiger partial charge is 0.115 e. The van der Waals surface area contributed by atoms with Gasteiger partial charge in [0.2, 0.25) is 0 Å². The Labute approximate surface area is 111 Å². The first kappa shape index (κ1) is 12.6. The van der Waals surface area contributed by atoms with Crippen LogP contribution in [0, 0.1) is 11.3 Å². The van der Waals surface area contributed by atoms with Gasteiger partial charge in [0, 0.05) is 18.0 Å². The molecule has 18 heavy (non-hydrogen) atoms. The molecule has 0 fully saturated rings. The van der Waals surface area contributed by atoms with Crippen LogP contribution in [-0.2, 0) is 0 Å². The second-order valence-corrected chi connectivity index (χ2v) is 4.83. The fourth-order valence-corrected chi connectivity index (χ4v) is 2.35. The first-order chi connectivity index (χ1) is 8.85. The van der Waals surface area contributed by atoms with Crippen LogP contribution in [0.2, 0.25) is 0 Å². The minimum Gasteiger partial charge on any atom is -0.265 e. The largest absolute Gasteiger partial charge is 0.265 e. The molecule has 0 aliphatic carbocycles. The Balaban J connectivity index is 2.37. The molecule has 0 saturated carbocycles. The van der Waals surface area contributed by atoms with E-state index in [2.05, 4.69) is 23.0 Å². The average Bonchev–Trinajstić information content (AvgIpc) is 2.45. The molecule has 4 heteroatoms. The van der Waals surface area contributed by atoms with Crippen molar-refractivity contribution in [2.75, 3.05) is 5.75 Å². The fourth-order valence-electron chi connectivity index (χ4n) is 1.52. The molecule has 0 unspecified atom stereocenters. The summed E-state index contributed by atoms with van der Waals surface area (Å²) in [7, 11) is 0. The van der Waals surface area contributed by atoms with Crippen molar-refractivity contribution >= 4 is 11.8 Å². The van der Waals surface area contributed by atoms with Gasteiger partial charge in [0.25, 0.3) is 0 Å². The van der Waals surface area contributed by atoms with Crippen molar-refractivity contribution < 1.29 is 0 Å². The first-order valence-corrected chi connectivity index (χ1v) is 6.78. The predicted molar refractivity (Wildman–Crippen MR) is 73.2 cm³/mol. The van der Waals surface area contributed by atoms with Crippen LogP contribution in [0.3, 0.4) is 0 Å². The summed E-state index contributed by atoms with van der Waals surface area (Å²) < 4.78 is 0. The van der Waals surface area contributed by atoms with E-state index in [0.717, 1.165) is 28.5 Å². The summed E-state index contributed by atoms with van der Waals surface area (Å²) in [5.41, 5.74) is 2.55. The minimum absolute atomic E-state index is 0.645. The zero-order valence-electron chi connectivity index (χ0n) is 10.1. The zero-order valence-corrected chi connectivity index (χ0v) is 10.9. The van der Waals surface area contributed by atoms with Crippen molar-refractivity contribution in [3.05, 3.63) is 42.2 Å². The van der Waals surface area contributed by atoms with Gasteiger partial charge in [0.05, 0.1) is 11.3 Å². The van der Waals surface area contributed by atoms with Crippen molar-refractivity contribution in [3.8, 4) is 17.3 Å². The molecule has 0 spiro atoms. The van der Waals surface area contributed by atoms with E-state index in [9.17, 15) is 0 Å². The van der Waals surface area contributed by atoms with Crippen LogP contribution in [0.1, 0.15) is 18.9 Å². The van der Waals surface area contributed by atoms with E-state index in [-0.39, 0.29) is 0 Å². The van der Waals surface area contributed by atoms with Crippen molar-refractivity contribution in [1.82, 2.24) is 9.97 Å². The van der Waals surface area contributed by atoms with Gasteiger partial charge in [-0.15, -0.1) is 11.8 Å². The summed E-state index contributed by atoms with van der Waals surface area (Å²) >= 11 is 1.63. The quantitative estimate of drug-likeness (QED) is 0.784. The normalized spacial score (nSPS) is 10.0. The van der Waals surface area contributed by atoms with Gasteiger partial charge >= 0.3 is 0 Å². The highest BCUT2D eigenvalue weighted by Crippen LogP contribution is 2.25. The molecule has 0 aliphatic rings. The van der Waals surface area contributed by atoms with Gasteiger partial charge in [-0.2, -0.15) is 5.26 Å². The summed E-state index contributed by atoms with van der Waals surface area (Å²) in [5, 5.41) is 9.88. The van der Waals surface area contributed by atoms with E-state index in [1.54, 1.807) is 24.2 Å². The van der Waals surface area contributed by atoms with Crippen molar-refractivity contribution in [3.63, 3.8) is 0 Å². The minimum atomic E-state index is 0.645. The lowest BCUT2D eigenvalue weighted by molar-refractivity contribution is 1.07. The maximum absolute atomic E-state index is 9.07. The van der Waals surface area contributed by atoms with Gasteiger partial charge in [0.1, 0.15) is 11.1 Å². The van der Waals surface area contributed by atoms with E-state index < -0.39 is 0 Å². The van der Waals surface area contributed by atoms with Gasteiger partial charge < -0.3 is 0 Å². The number of nitrogens with zero attached hydrogens (tertiary/aromatic N) is 3. The number of hydrogen-bond acceptors (Lipinski definition) is 4. The molecule has 0 saturated heterocycles. The summed E-state index contributed by atoms with van der Waals surface area (Å²) in [5.74, 6) is 0.974. The third-order valence-electron chi connectivity index (χ3n) is 2.40. The Morgan fingerprint density at radius 1 is 1.22 bits per heavy atom. The fraction of sp³-hybridized carbons (Fsp3) is 0.214. The Bertz CT molecular complexity index is 561. The number of aromatic nitrogens is 2. The molecule has 0 aromatic carbocycles. The van der Waals surface area contributed by atoms with E-state index >= 15 is 0 Å². The molecule has 90 valence electrons. The standard InChI is InChI=1S/C14H13N3S/c1-2-9-18-14-12(10-15)3-4-13(17-14)11-5-7-16-8-6-11/h3-8H,2,9H2,1H3. The highest BCUT2D eigenvalue weighted by atomic mass is 32.2. The zero-order chi connectivity index (χ0) is 12.8. The molecule has 2 aromatic rings. The molecule has 2 rings (SSSR count). The molecule has 0 atom stereocenters. The second kappa shape index (κ2) is 6.18. The molecule has 0 radical (unpaired) electrons. The van der Waals surface area contributed by atoms with Crippen molar-refractivity contribution in [2.24, 2.45) is 0 Å². The van der Waals surface area contributed by atoms with Crippen LogP contribution >= 0.6 is 11.8 Å². The van der Waals surface area contributed by atoms with E-state index in [1.807, 2.05) is 24.3 Å². The Hall–Kier alpha value is -1.86. The van der Waals surface area contributed by atoms with Gasteiger partial charge in [-0.3, -0.25) is 4.98 Å². The molecule has 3 nitrogen and oxygen atoms in total. The number of rotatable bonds is 4. The van der Waals surface area contributed by atoms with Gasteiger partial charge in [-0.1, -0.05) is 6.92 Å². The van der Waals surface area contributed by atoms with Gasteiger partial charge in [-0.25, -0.2) is 4.98 Å². The maximum Gasteiger partial charge on any atom is 0.115 e. The summed E-state index contributed by atoms with van der Waals surface area (Å²) in [6, 6.07) is 9.74. The Kier molecular flexibility index (Phi) is 4.32. The van der Waals surface area contributed by atoms with Crippen molar-refractivity contribution in [1.29, 1.82) is 5.26 Å². The van der Waals surface area contributed by atoms with E-state index in [0.29, 0.717) is 5.56 Å².